The van der Waals surface area contributed by atoms with Crippen LogP contribution < -0.4 is 5.32 Å². The molecule has 1 aromatic rings. The van der Waals surface area contributed by atoms with Gasteiger partial charge in [-0.05, 0) is 42.5 Å². The first-order valence-corrected chi connectivity index (χ1v) is 8.07. The molecule has 1 N–H and O–H groups in total. The first-order chi connectivity index (χ1) is 8.85. The first-order valence-electron chi connectivity index (χ1n) is 6.63. The van der Waals surface area contributed by atoms with E-state index in [9.17, 15) is 8.42 Å². The standard InChI is InChI=1S/C14H22N2O2S/c1-14(2)8-10-16(11-9-14)19(17,18)13-6-4-12(15-3)5-7-13/h4-7,15H,8-11H2,1-3H3. The summed E-state index contributed by atoms with van der Waals surface area (Å²) < 4.78 is 26.6. The average molecular weight is 282 g/mol. The number of nitrogens with one attached hydrogen (secondary N) is 1. The number of anilines is 1. The summed E-state index contributed by atoms with van der Waals surface area (Å²) in [5.41, 5.74) is 1.17. The molecular formula is C14H22N2O2S. The molecule has 0 unspecified atom stereocenters. The van der Waals surface area contributed by atoms with Crippen LogP contribution in [0.25, 0.3) is 0 Å². The maximum absolute atomic E-state index is 12.5. The molecule has 106 valence electrons. The lowest BCUT2D eigenvalue weighted by molar-refractivity contribution is 0.196. The minimum absolute atomic E-state index is 0.252. The van der Waals surface area contributed by atoms with Crippen molar-refractivity contribution in [2.24, 2.45) is 5.41 Å². The van der Waals surface area contributed by atoms with Gasteiger partial charge in [-0.25, -0.2) is 8.42 Å². The highest BCUT2D eigenvalue weighted by Gasteiger charge is 2.32. The Bertz CT molecular complexity index is 525. The SMILES string of the molecule is CNc1ccc(S(=O)(=O)N2CCC(C)(C)CC2)cc1. The van der Waals surface area contributed by atoms with E-state index < -0.39 is 10.0 Å². The molecule has 0 aromatic heterocycles. The number of rotatable bonds is 3. The molecule has 4 nitrogen and oxygen atoms in total. The van der Waals surface area contributed by atoms with Gasteiger partial charge in [0.15, 0.2) is 0 Å². The molecule has 2 rings (SSSR count). The molecular weight excluding hydrogens is 260 g/mol. The molecule has 0 bridgehead atoms. The van der Waals surface area contributed by atoms with Crippen molar-refractivity contribution in [3.63, 3.8) is 0 Å². The highest BCUT2D eigenvalue weighted by molar-refractivity contribution is 7.89. The Morgan fingerprint density at radius 3 is 2.11 bits per heavy atom. The lowest BCUT2D eigenvalue weighted by atomic mass is 9.83. The van der Waals surface area contributed by atoms with Gasteiger partial charge in [-0.3, -0.25) is 0 Å². The number of sulfonamides is 1. The predicted molar refractivity (Wildman–Crippen MR) is 77.8 cm³/mol. The Balaban J connectivity index is 2.18. The van der Waals surface area contributed by atoms with Crippen molar-refractivity contribution in [3.8, 4) is 0 Å². The van der Waals surface area contributed by atoms with Crippen LogP contribution >= 0.6 is 0 Å². The fourth-order valence-electron chi connectivity index (χ4n) is 2.27. The number of nitrogens with zero attached hydrogens (tertiary/aromatic N) is 1. The van der Waals surface area contributed by atoms with Crippen LogP contribution in [0.15, 0.2) is 29.2 Å². The minimum Gasteiger partial charge on any atom is -0.388 e. The van der Waals surface area contributed by atoms with Gasteiger partial charge in [0, 0.05) is 25.8 Å². The molecule has 0 spiro atoms. The number of piperidine rings is 1. The van der Waals surface area contributed by atoms with Crippen LogP contribution in [0.2, 0.25) is 0 Å². The quantitative estimate of drug-likeness (QED) is 0.927. The number of hydrogen-bond acceptors (Lipinski definition) is 3. The van der Waals surface area contributed by atoms with Crippen LogP contribution in [0.4, 0.5) is 5.69 Å². The van der Waals surface area contributed by atoms with E-state index in [1.165, 1.54) is 0 Å². The van der Waals surface area contributed by atoms with Gasteiger partial charge >= 0.3 is 0 Å². The van der Waals surface area contributed by atoms with Gasteiger partial charge in [-0.2, -0.15) is 4.31 Å². The van der Waals surface area contributed by atoms with Gasteiger partial charge in [0.05, 0.1) is 4.90 Å². The Morgan fingerprint density at radius 2 is 1.63 bits per heavy atom. The largest absolute Gasteiger partial charge is 0.388 e. The molecule has 19 heavy (non-hydrogen) atoms. The van der Waals surface area contributed by atoms with Crippen molar-refractivity contribution in [2.45, 2.75) is 31.6 Å². The molecule has 1 fully saturated rings. The lowest BCUT2D eigenvalue weighted by Gasteiger charge is -2.36. The molecule has 5 heteroatoms. The van der Waals surface area contributed by atoms with E-state index in [2.05, 4.69) is 19.2 Å². The third-order valence-corrected chi connectivity index (χ3v) is 5.77. The molecule has 1 aliphatic heterocycles. The van der Waals surface area contributed by atoms with Crippen LogP contribution in [0.5, 0.6) is 0 Å². The van der Waals surface area contributed by atoms with Crippen molar-refractivity contribution in [1.82, 2.24) is 4.31 Å². The Hall–Kier alpha value is -1.07. The van der Waals surface area contributed by atoms with Gasteiger partial charge in [-0.15, -0.1) is 0 Å². The molecule has 1 aromatic carbocycles. The zero-order valence-electron chi connectivity index (χ0n) is 11.8. The van der Waals surface area contributed by atoms with E-state index in [0.717, 1.165) is 18.5 Å². The summed E-state index contributed by atoms with van der Waals surface area (Å²) in [7, 11) is -1.52. The summed E-state index contributed by atoms with van der Waals surface area (Å²) in [6, 6.07) is 6.92. The van der Waals surface area contributed by atoms with Crippen molar-refractivity contribution in [1.29, 1.82) is 0 Å². The second kappa shape index (κ2) is 5.13. The van der Waals surface area contributed by atoms with Gasteiger partial charge in [0.1, 0.15) is 0 Å². The Morgan fingerprint density at radius 1 is 1.11 bits per heavy atom. The zero-order chi connectivity index (χ0) is 14.1. The van der Waals surface area contributed by atoms with Gasteiger partial charge in [0.2, 0.25) is 10.0 Å². The maximum atomic E-state index is 12.5. The first kappa shape index (κ1) is 14.3. The van der Waals surface area contributed by atoms with Crippen LogP contribution in [-0.2, 0) is 10.0 Å². The number of hydrogen-bond donors (Lipinski definition) is 1. The molecule has 1 aliphatic rings. The fourth-order valence-corrected chi connectivity index (χ4v) is 3.72. The van der Waals surface area contributed by atoms with Crippen molar-refractivity contribution >= 4 is 15.7 Å². The normalized spacial score (nSPS) is 20.2. The lowest BCUT2D eigenvalue weighted by Crippen LogP contribution is -2.41. The van der Waals surface area contributed by atoms with Crippen molar-refractivity contribution < 1.29 is 8.42 Å². The third kappa shape index (κ3) is 3.09. The van der Waals surface area contributed by atoms with E-state index in [0.29, 0.717) is 18.0 Å². The summed E-state index contributed by atoms with van der Waals surface area (Å²) in [4.78, 5) is 0.381. The zero-order valence-corrected chi connectivity index (χ0v) is 12.6. The molecule has 1 saturated heterocycles. The summed E-state index contributed by atoms with van der Waals surface area (Å²) >= 11 is 0. The maximum Gasteiger partial charge on any atom is 0.243 e. The van der Waals surface area contributed by atoms with Crippen LogP contribution in [0.3, 0.4) is 0 Å². The third-order valence-electron chi connectivity index (χ3n) is 3.86. The highest BCUT2D eigenvalue weighted by Crippen LogP contribution is 2.32. The topological polar surface area (TPSA) is 49.4 Å². The van der Waals surface area contributed by atoms with Crippen molar-refractivity contribution in [3.05, 3.63) is 24.3 Å². The molecule has 0 radical (unpaired) electrons. The second-order valence-electron chi connectivity index (χ2n) is 5.84. The smallest absolute Gasteiger partial charge is 0.243 e. The summed E-state index contributed by atoms with van der Waals surface area (Å²) in [6.45, 7) is 5.61. The molecule has 0 saturated carbocycles. The molecule has 0 aliphatic carbocycles. The monoisotopic (exact) mass is 282 g/mol. The fraction of sp³-hybridized carbons (Fsp3) is 0.571. The van der Waals surface area contributed by atoms with E-state index >= 15 is 0 Å². The van der Waals surface area contributed by atoms with Crippen LogP contribution in [-0.4, -0.2) is 32.9 Å². The van der Waals surface area contributed by atoms with E-state index in [4.69, 9.17) is 0 Å². The molecule has 0 atom stereocenters. The molecule has 0 amide bonds. The van der Waals surface area contributed by atoms with Gasteiger partial charge < -0.3 is 5.32 Å². The molecule has 1 heterocycles. The van der Waals surface area contributed by atoms with E-state index in [-0.39, 0.29) is 5.41 Å². The van der Waals surface area contributed by atoms with E-state index in [1.54, 1.807) is 28.6 Å². The van der Waals surface area contributed by atoms with Gasteiger partial charge in [-0.1, -0.05) is 13.8 Å². The summed E-state index contributed by atoms with van der Waals surface area (Å²) in [5.74, 6) is 0. The second-order valence-corrected chi connectivity index (χ2v) is 7.78. The van der Waals surface area contributed by atoms with Crippen molar-refractivity contribution in [2.75, 3.05) is 25.5 Å². The predicted octanol–water partition coefficient (Wildman–Crippen LogP) is 2.54. The minimum atomic E-state index is -3.33. The van der Waals surface area contributed by atoms with Crippen LogP contribution in [0, 0.1) is 5.41 Å². The Labute approximate surface area is 115 Å². The van der Waals surface area contributed by atoms with Gasteiger partial charge in [0.25, 0.3) is 0 Å². The highest BCUT2D eigenvalue weighted by atomic mass is 32.2. The summed E-state index contributed by atoms with van der Waals surface area (Å²) in [6.07, 6.45) is 1.83. The van der Waals surface area contributed by atoms with Crippen LogP contribution in [0.1, 0.15) is 26.7 Å². The average Bonchev–Trinajstić information content (AvgIpc) is 2.38. The van der Waals surface area contributed by atoms with E-state index in [1.807, 2.05) is 7.05 Å². The Kier molecular flexibility index (Phi) is 3.87. The number of benzene rings is 1. The summed E-state index contributed by atoms with van der Waals surface area (Å²) in [5, 5.41) is 2.99.